The van der Waals surface area contributed by atoms with E-state index in [-0.39, 0.29) is 31.4 Å². The lowest BCUT2D eigenvalue weighted by molar-refractivity contribution is -0.149. The number of methoxy groups -OCH3 is 1. The number of hydrogen-bond acceptors (Lipinski definition) is 6. The monoisotopic (exact) mass is 396 g/mol. The number of aromatic nitrogens is 1. The average Bonchev–Trinajstić information content (AvgIpc) is 3.29. The third-order valence-electron chi connectivity index (χ3n) is 4.76. The molecule has 4 rings (SSSR count). The van der Waals surface area contributed by atoms with E-state index in [0.29, 0.717) is 11.4 Å². The summed E-state index contributed by atoms with van der Waals surface area (Å²) in [6.07, 6.45) is 0.135. The van der Waals surface area contributed by atoms with Crippen molar-refractivity contribution in [3.63, 3.8) is 0 Å². The predicted molar refractivity (Wildman–Crippen MR) is 108 cm³/mol. The Kier molecular flexibility index (Phi) is 5.00. The molecule has 0 radical (unpaired) electrons. The van der Waals surface area contributed by atoms with Crippen LogP contribution in [0.4, 0.5) is 5.69 Å². The molecule has 2 heterocycles. The lowest BCUT2D eigenvalue weighted by Crippen LogP contribution is -2.27. The third kappa shape index (κ3) is 3.57. The highest BCUT2D eigenvalue weighted by Gasteiger charge is 2.37. The Bertz CT molecular complexity index is 1010. The number of amides is 1. The molecule has 6 nitrogen and oxygen atoms in total. The van der Waals surface area contributed by atoms with Gasteiger partial charge in [-0.2, -0.15) is 0 Å². The highest BCUT2D eigenvalue weighted by Crippen LogP contribution is 2.34. The number of hydrogen-bond donors (Lipinski definition) is 0. The zero-order chi connectivity index (χ0) is 19.7. The summed E-state index contributed by atoms with van der Waals surface area (Å²) >= 11 is 1.50. The molecular weight excluding hydrogens is 376 g/mol. The summed E-state index contributed by atoms with van der Waals surface area (Å²) in [6.45, 7) is 2.36. The number of nitrogens with zero attached hydrogens (tertiary/aromatic N) is 2. The summed E-state index contributed by atoms with van der Waals surface area (Å²) in [6, 6.07) is 13.4. The fourth-order valence-electron chi connectivity index (χ4n) is 3.34. The van der Waals surface area contributed by atoms with Crippen LogP contribution in [0.5, 0.6) is 5.75 Å². The predicted octanol–water partition coefficient (Wildman–Crippen LogP) is 3.71. The van der Waals surface area contributed by atoms with E-state index < -0.39 is 5.92 Å². The van der Waals surface area contributed by atoms with E-state index in [1.165, 1.54) is 11.3 Å². The van der Waals surface area contributed by atoms with Crippen LogP contribution in [0.25, 0.3) is 10.2 Å². The molecule has 1 unspecified atom stereocenters. The Labute approximate surface area is 166 Å². The topological polar surface area (TPSA) is 68.7 Å². The number of aryl methyl sites for hydroxylation is 1. The van der Waals surface area contributed by atoms with Crippen LogP contribution in [0, 0.1) is 12.8 Å². The zero-order valence-electron chi connectivity index (χ0n) is 15.7. The van der Waals surface area contributed by atoms with E-state index in [2.05, 4.69) is 4.98 Å². The van der Waals surface area contributed by atoms with Gasteiger partial charge >= 0.3 is 5.97 Å². The van der Waals surface area contributed by atoms with Gasteiger partial charge in [-0.1, -0.05) is 18.2 Å². The highest BCUT2D eigenvalue weighted by atomic mass is 32.1. The largest absolute Gasteiger partial charge is 0.495 e. The maximum absolute atomic E-state index is 12.5. The minimum atomic E-state index is -0.493. The quantitative estimate of drug-likeness (QED) is 0.615. The van der Waals surface area contributed by atoms with Gasteiger partial charge in [0.05, 0.1) is 28.9 Å². The van der Waals surface area contributed by atoms with Crippen molar-refractivity contribution >= 4 is 39.1 Å². The molecule has 1 aliphatic rings. The molecule has 0 aliphatic carbocycles. The van der Waals surface area contributed by atoms with Gasteiger partial charge in [0.2, 0.25) is 5.91 Å². The Balaban J connectivity index is 1.43. The molecule has 28 heavy (non-hydrogen) atoms. The number of carbonyl (C=O) groups is 2. The first kappa shape index (κ1) is 18.4. The average molecular weight is 396 g/mol. The molecule has 1 saturated heterocycles. The second kappa shape index (κ2) is 7.59. The first-order valence-electron chi connectivity index (χ1n) is 9.01. The Hall–Kier alpha value is -2.93. The second-order valence-electron chi connectivity index (χ2n) is 6.76. The smallest absolute Gasteiger partial charge is 0.311 e. The normalized spacial score (nSPS) is 16.6. The van der Waals surface area contributed by atoms with E-state index in [1.807, 2.05) is 49.4 Å². The first-order valence-corrected chi connectivity index (χ1v) is 9.83. The molecule has 3 aromatic rings. The number of para-hydroxylation sites is 1. The summed E-state index contributed by atoms with van der Waals surface area (Å²) in [7, 11) is 1.57. The summed E-state index contributed by atoms with van der Waals surface area (Å²) in [5, 5.41) is 0.746. The van der Waals surface area contributed by atoms with Crippen LogP contribution < -0.4 is 9.64 Å². The molecule has 144 valence electrons. The standard InChI is InChI=1S/C21H20N2O4S/c1-13-7-8-17(26-2)16(9-13)23-11-14(10-20(23)24)21(25)27-12-19-22-15-5-3-4-6-18(15)28-19/h3-9,14H,10-12H2,1-2H3. The molecule has 0 N–H and O–H groups in total. The summed E-state index contributed by atoms with van der Waals surface area (Å²) in [5.41, 5.74) is 2.60. The molecule has 1 fully saturated rings. The van der Waals surface area contributed by atoms with Crippen LogP contribution in [0.2, 0.25) is 0 Å². The third-order valence-corrected chi connectivity index (χ3v) is 5.77. The molecule has 1 aliphatic heterocycles. The van der Waals surface area contributed by atoms with Crippen molar-refractivity contribution in [3.8, 4) is 5.75 Å². The highest BCUT2D eigenvalue weighted by molar-refractivity contribution is 7.18. The van der Waals surface area contributed by atoms with Crippen LogP contribution in [0.1, 0.15) is 17.0 Å². The molecule has 2 aromatic carbocycles. The molecule has 1 aromatic heterocycles. The summed E-state index contributed by atoms with van der Waals surface area (Å²) in [5.74, 6) is -0.359. The van der Waals surface area contributed by atoms with E-state index in [9.17, 15) is 9.59 Å². The van der Waals surface area contributed by atoms with Gasteiger partial charge in [-0.05, 0) is 36.8 Å². The van der Waals surface area contributed by atoms with Gasteiger partial charge in [0.15, 0.2) is 0 Å². The van der Waals surface area contributed by atoms with Gasteiger partial charge in [-0.3, -0.25) is 9.59 Å². The van der Waals surface area contributed by atoms with Gasteiger partial charge in [-0.25, -0.2) is 4.98 Å². The summed E-state index contributed by atoms with van der Waals surface area (Å²) in [4.78, 5) is 31.1. The number of rotatable bonds is 5. The molecule has 1 amide bonds. The number of carbonyl (C=O) groups excluding carboxylic acids is 2. The van der Waals surface area contributed by atoms with Crippen LogP contribution in [-0.2, 0) is 20.9 Å². The van der Waals surface area contributed by atoms with E-state index in [4.69, 9.17) is 9.47 Å². The van der Waals surface area contributed by atoms with Crippen molar-refractivity contribution in [3.05, 3.63) is 53.0 Å². The maximum Gasteiger partial charge on any atom is 0.311 e. The number of thiazole rings is 1. The second-order valence-corrected chi connectivity index (χ2v) is 7.88. The number of ether oxygens (including phenoxy) is 2. The number of esters is 1. The Morgan fingerprint density at radius 3 is 2.89 bits per heavy atom. The SMILES string of the molecule is COc1ccc(C)cc1N1CC(C(=O)OCc2nc3ccccc3s2)CC1=O. The van der Waals surface area contributed by atoms with Gasteiger partial charge in [0, 0.05) is 13.0 Å². The van der Waals surface area contributed by atoms with Crippen molar-refractivity contribution < 1.29 is 19.1 Å². The number of fused-ring (bicyclic) bond motifs is 1. The van der Waals surface area contributed by atoms with Gasteiger partial charge in [0.25, 0.3) is 0 Å². The van der Waals surface area contributed by atoms with Crippen LogP contribution >= 0.6 is 11.3 Å². The van der Waals surface area contributed by atoms with Gasteiger partial charge in [0.1, 0.15) is 17.4 Å². The fourth-order valence-corrected chi connectivity index (χ4v) is 4.22. The van der Waals surface area contributed by atoms with E-state index >= 15 is 0 Å². The molecule has 1 atom stereocenters. The van der Waals surface area contributed by atoms with Crippen LogP contribution in [0.3, 0.4) is 0 Å². The van der Waals surface area contributed by atoms with Gasteiger partial charge in [-0.15, -0.1) is 11.3 Å². The summed E-state index contributed by atoms with van der Waals surface area (Å²) < 4.78 is 11.9. The minimum absolute atomic E-state index is 0.106. The van der Waals surface area contributed by atoms with Crippen molar-refractivity contribution in [1.29, 1.82) is 0 Å². The van der Waals surface area contributed by atoms with Crippen molar-refractivity contribution in [2.24, 2.45) is 5.92 Å². The lowest BCUT2D eigenvalue weighted by atomic mass is 10.1. The van der Waals surface area contributed by atoms with Crippen molar-refractivity contribution in [2.75, 3.05) is 18.6 Å². The Morgan fingerprint density at radius 1 is 1.29 bits per heavy atom. The molecule has 7 heteroatoms. The van der Waals surface area contributed by atoms with Crippen molar-refractivity contribution in [2.45, 2.75) is 20.0 Å². The minimum Gasteiger partial charge on any atom is -0.495 e. The van der Waals surface area contributed by atoms with Gasteiger partial charge < -0.3 is 14.4 Å². The zero-order valence-corrected chi connectivity index (χ0v) is 16.5. The number of benzene rings is 2. The lowest BCUT2D eigenvalue weighted by Gasteiger charge is -2.20. The number of anilines is 1. The van der Waals surface area contributed by atoms with Crippen molar-refractivity contribution in [1.82, 2.24) is 4.98 Å². The maximum atomic E-state index is 12.5. The molecular formula is C21H20N2O4S. The van der Waals surface area contributed by atoms with E-state index in [0.717, 1.165) is 20.8 Å². The molecule has 0 saturated carbocycles. The van der Waals surface area contributed by atoms with Crippen LogP contribution in [0.15, 0.2) is 42.5 Å². The first-order chi connectivity index (χ1) is 13.5. The van der Waals surface area contributed by atoms with E-state index in [1.54, 1.807) is 12.0 Å². The molecule has 0 bridgehead atoms. The van der Waals surface area contributed by atoms with Crippen LogP contribution in [-0.4, -0.2) is 30.5 Å². The fraction of sp³-hybridized carbons (Fsp3) is 0.286. The molecule has 0 spiro atoms. The Morgan fingerprint density at radius 2 is 2.11 bits per heavy atom.